The van der Waals surface area contributed by atoms with Crippen molar-refractivity contribution in [3.8, 4) is 0 Å². The lowest BCUT2D eigenvalue weighted by molar-refractivity contribution is -0.344. The van der Waals surface area contributed by atoms with E-state index in [-0.39, 0.29) is 36.3 Å². The summed E-state index contributed by atoms with van der Waals surface area (Å²) in [6.07, 6.45) is -9.78. The Labute approximate surface area is 435 Å². The van der Waals surface area contributed by atoms with Crippen LogP contribution in [0.3, 0.4) is 0 Å². The van der Waals surface area contributed by atoms with Crippen molar-refractivity contribution in [2.24, 2.45) is 16.7 Å². The number of rotatable bonds is 19. The van der Waals surface area contributed by atoms with Crippen molar-refractivity contribution in [3.05, 3.63) is 119 Å². The fraction of sp³-hybridized carbons (Fsp3) is 0.544. The summed E-state index contributed by atoms with van der Waals surface area (Å²) in [4.78, 5) is 87.8. The van der Waals surface area contributed by atoms with Crippen LogP contribution in [-0.2, 0) is 56.8 Å². The van der Waals surface area contributed by atoms with Crippen molar-refractivity contribution in [1.29, 1.82) is 0 Å². The van der Waals surface area contributed by atoms with Gasteiger partial charge in [0, 0.05) is 44.3 Å². The molecule has 1 amide bonds. The highest BCUT2D eigenvalue weighted by atomic mass is 28.4. The monoisotopic (exact) mass is 1040 g/mol. The number of nitrogens with one attached hydrogen (secondary N) is 1. The van der Waals surface area contributed by atoms with Gasteiger partial charge in [-0.2, -0.15) is 0 Å². The Balaban J connectivity index is 1.47. The third-order valence-electron chi connectivity index (χ3n) is 16.5. The van der Waals surface area contributed by atoms with Crippen LogP contribution in [0.4, 0.5) is 0 Å². The molecule has 400 valence electrons. The van der Waals surface area contributed by atoms with E-state index in [1.807, 2.05) is 0 Å². The SMILES string of the molecule is CCOC(C)O[C@@H](C(=O)O[C@H]1C[C@@]2(O)[C@@H](OC(=O)c3ccccc3)[C@@H]3[C@]4(OC(C)=O)CO[C@@H]4C[C@H](O[Si](CC)(CC)CC)[C@@]3(C)C(=O)[C@H](OC(C)=O)C(=C1C)C2(C)C)[C@@H](NC(=O)c1ccccc1)c1ccccc1. The summed E-state index contributed by atoms with van der Waals surface area (Å²) >= 11 is 0. The predicted octanol–water partition coefficient (Wildman–Crippen LogP) is 8.17. The van der Waals surface area contributed by atoms with Crippen LogP contribution in [-0.4, -0.2) is 116 Å². The maximum atomic E-state index is 16.5. The molecule has 1 saturated heterocycles. The molecule has 2 saturated carbocycles. The van der Waals surface area contributed by atoms with Gasteiger partial charge < -0.3 is 48.0 Å². The first kappa shape index (κ1) is 56.2. The van der Waals surface area contributed by atoms with Crippen molar-refractivity contribution in [1.82, 2.24) is 5.32 Å². The van der Waals surface area contributed by atoms with Gasteiger partial charge in [-0.15, -0.1) is 0 Å². The molecule has 74 heavy (non-hydrogen) atoms. The van der Waals surface area contributed by atoms with Gasteiger partial charge in [0.15, 0.2) is 38.2 Å². The van der Waals surface area contributed by atoms with Gasteiger partial charge in [-0.25, -0.2) is 9.59 Å². The molecule has 1 heterocycles. The molecule has 2 bridgehead atoms. The predicted molar refractivity (Wildman–Crippen MR) is 274 cm³/mol. The minimum absolute atomic E-state index is 0.0813. The summed E-state index contributed by atoms with van der Waals surface area (Å²) in [5.41, 5.74) is -6.21. The first-order chi connectivity index (χ1) is 35.1. The Hall–Kier alpha value is -5.56. The van der Waals surface area contributed by atoms with Crippen LogP contribution in [0.15, 0.2) is 102 Å². The van der Waals surface area contributed by atoms with Crippen molar-refractivity contribution in [3.63, 3.8) is 0 Å². The molecule has 0 aromatic heterocycles. The lowest BCUT2D eigenvalue weighted by atomic mass is 9.44. The van der Waals surface area contributed by atoms with E-state index >= 15 is 9.59 Å². The van der Waals surface area contributed by atoms with E-state index in [1.54, 1.807) is 133 Å². The molecule has 3 aliphatic carbocycles. The van der Waals surface area contributed by atoms with Gasteiger partial charge in [0.1, 0.15) is 23.9 Å². The lowest BCUT2D eigenvalue weighted by Gasteiger charge is -2.68. The summed E-state index contributed by atoms with van der Waals surface area (Å²) < 4.78 is 51.8. The van der Waals surface area contributed by atoms with Gasteiger partial charge in [-0.3, -0.25) is 19.2 Å². The van der Waals surface area contributed by atoms with Gasteiger partial charge in [0.2, 0.25) is 0 Å². The zero-order valence-corrected chi connectivity index (χ0v) is 45.5. The normalized spacial score (nSPS) is 29.3. The molecule has 4 aliphatic rings. The Morgan fingerprint density at radius 1 is 0.811 bits per heavy atom. The molecular weight excluding hydrogens is 967 g/mol. The highest BCUT2D eigenvalue weighted by Gasteiger charge is 2.79. The largest absolute Gasteiger partial charge is 0.456 e. The molecule has 0 radical (unpaired) electrons. The number of ketones is 1. The molecular formula is C57H73NO15Si. The molecule has 3 fully saturated rings. The second kappa shape index (κ2) is 22.3. The van der Waals surface area contributed by atoms with E-state index in [1.165, 1.54) is 13.8 Å². The maximum absolute atomic E-state index is 16.5. The molecule has 12 atom stereocenters. The number of carbonyl (C=O) groups excluding carboxylic acids is 6. The van der Waals surface area contributed by atoms with Crippen LogP contribution < -0.4 is 5.32 Å². The molecule has 16 nitrogen and oxygen atoms in total. The van der Waals surface area contributed by atoms with Crippen LogP contribution in [0, 0.1) is 16.7 Å². The van der Waals surface area contributed by atoms with Crippen molar-refractivity contribution in [2.45, 2.75) is 167 Å². The molecule has 17 heteroatoms. The van der Waals surface area contributed by atoms with E-state index in [2.05, 4.69) is 26.1 Å². The van der Waals surface area contributed by atoms with Gasteiger partial charge in [-0.05, 0) is 86.8 Å². The summed E-state index contributed by atoms with van der Waals surface area (Å²) in [5, 5.41) is 17.3. The zero-order valence-electron chi connectivity index (χ0n) is 44.5. The van der Waals surface area contributed by atoms with E-state index in [9.17, 15) is 24.3 Å². The number of Topliss-reactive ketones (excluding diaryl/α,β-unsaturated/α-hetero) is 1. The van der Waals surface area contributed by atoms with Crippen LogP contribution in [0.25, 0.3) is 0 Å². The smallest absolute Gasteiger partial charge is 0.338 e. The molecule has 1 aliphatic heterocycles. The second-order valence-corrected chi connectivity index (χ2v) is 25.5. The second-order valence-electron chi connectivity index (χ2n) is 20.8. The Kier molecular flexibility index (Phi) is 17.0. The van der Waals surface area contributed by atoms with Crippen LogP contribution in [0.5, 0.6) is 0 Å². The van der Waals surface area contributed by atoms with Crippen molar-refractivity contribution >= 4 is 43.9 Å². The average Bonchev–Trinajstić information content (AvgIpc) is 3.37. The summed E-state index contributed by atoms with van der Waals surface area (Å²) in [6, 6.07) is 26.2. The van der Waals surface area contributed by atoms with Gasteiger partial charge in [-0.1, -0.05) is 101 Å². The lowest BCUT2D eigenvalue weighted by Crippen LogP contribution is -2.82. The van der Waals surface area contributed by atoms with Gasteiger partial charge in [0.05, 0.1) is 35.6 Å². The van der Waals surface area contributed by atoms with E-state index < -0.39 is 127 Å². The first-order valence-corrected chi connectivity index (χ1v) is 28.4. The maximum Gasteiger partial charge on any atom is 0.338 e. The fourth-order valence-electron chi connectivity index (χ4n) is 12.2. The average molecular weight is 1040 g/mol. The van der Waals surface area contributed by atoms with Gasteiger partial charge in [0.25, 0.3) is 5.91 Å². The number of amides is 1. The standard InChI is InChI=1S/C57H73NO15Si/c1-12-66-37(8)69-47(45(38-25-19-16-20-26-38)58-51(62)39-27-21-17-22-28-39)53(64)70-41-32-57(65)50(71-52(63)40-29-23-18-24-30-40)48-55(11,49(61)46(68-35(6)59)44(34(41)5)54(57,9)10)42(73-74(13-2,14-3)15-4)31-43-56(48,33-67-43)72-36(7)60/h16-30,37,41-43,45-48,50,65H,12-15,31-33H2,1-11H3,(H,58,62)/t37?,41-,42-,43+,45-,46+,47+,48-,50-,55+,56-,57+/m0/s1. The molecule has 3 aromatic rings. The van der Waals surface area contributed by atoms with Crippen LogP contribution in [0.1, 0.15) is 121 Å². The summed E-state index contributed by atoms with van der Waals surface area (Å²) in [5.74, 6) is -5.97. The minimum Gasteiger partial charge on any atom is -0.456 e. The molecule has 3 aromatic carbocycles. The quantitative estimate of drug-likeness (QED) is 0.0382. The van der Waals surface area contributed by atoms with Crippen molar-refractivity contribution < 1.29 is 71.5 Å². The van der Waals surface area contributed by atoms with Gasteiger partial charge >= 0.3 is 23.9 Å². The number of benzene rings is 3. The zero-order chi connectivity index (χ0) is 54.0. The topological polar surface area (TPSA) is 209 Å². The highest BCUT2D eigenvalue weighted by molar-refractivity contribution is 6.73. The molecule has 1 unspecified atom stereocenters. The van der Waals surface area contributed by atoms with E-state index in [0.29, 0.717) is 29.3 Å². The third-order valence-corrected chi connectivity index (χ3v) is 21.1. The fourth-order valence-corrected chi connectivity index (χ4v) is 15.2. The first-order valence-electron chi connectivity index (χ1n) is 25.9. The highest BCUT2D eigenvalue weighted by Crippen LogP contribution is 2.65. The number of aliphatic hydroxyl groups is 1. The van der Waals surface area contributed by atoms with Crippen LogP contribution in [0.2, 0.25) is 18.1 Å². The number of esters is 4. The Bertz CT molecular complexity index is 2560. The Morgan fingerprint density at radius 2 is 1.39 bits per heavy atom. The van der Waals surface area contributed by atoms with E-state index in [0.717, 1.165) is 0 Å². The molecule has 2 N–H and O–H groups in total. The number of ether oxygens (including phenoxy) is 7. The molecule has 7 rings (SSSR count). The van der Waals surface area contributed by atoms with E-state index in [4.69, 9.17) is 37.6 Å². The summed E-state index contributed by atoms with van der Waals surface area (Å²) in [6.45, 7) is 18.5. The number of hydrogen-bond donors (Lipinski definition) is 2. The summed E-state index contributed by atoms with van der Waals surface area (Å²) in [7, 11) is -2.65. The minimum atomic E-state index is -2.65. The number of hydrogen-bond acceptors (Lipinski definition) is 15. The van der Waals surface area contributed by atoms with Crippen LogP contribution >= 0.6 is 0 Å². The number of fused-ring (bicyclic) bond motifs is 5. The Morgan fingerprint density at radius 3 is 1.92 bits per heavy atom. The molecule has 0 spiro atoms. The number of carbonyl (C=O) groups is 6. The third kappa shape index (κ3) is 10.3. The van der Waals surface area contributed by atoms with Crippen molar-refractivity contribution in [2.75, 3.05) is 13.2 Å².